The molecule has 27 heavy (non-hydrogen) atoms. The predicted octanol–water partition coefficient (Wildman–Crippen LogP) is 4.58. The van der Waals surface area contributed by atoms with Crippen molar-refractivity contribution in [3.8, 4) is 11.5 Å². The van der Waals surface area contributed by atoms with Crippen LogP contribution < -0.4 is 15.4 Å². The molecule has 6 heteroatoms. The van der Waals surface area contributed by atoms with Gasteiger partial charge in [0.25, 0.3) is 0 Å². The van der Waals surface area contributed by atoms with Crippen LogP contribution in [0.5, 0.6) is 11.5 Å². The Labute approximate surface area is 164 Å². The molecule has 0 saturated carbocycles. The summed E-state index contributed by atoms with van der Waals surface area (Å²) in [5.74, 6) is 0.978. The number of fused-ring (bicyclic) bond motifs is 1. The molecule has 2 aromatic carbocycles. The Morgan fingerprint density at radius 1 is 1.15 bits per heavy atom. The standard InChI is InChI=1S/C21H24ClN3O2/c1-21(2,25-12-14-10-16(27-3)5-7-20(14)26)13-24-18-8-9-23-19-11-15(22)4-6-17(18)19/h4-11,25-26H,12-13H2,1-3H3,(H,23,24). The number of aromatic hydroxyl groups is 1. The van der Waals surface area contributed by atoms with E-state index in [-0.39, 0.29) is 11.3 Å². The number of phenolic OH excluding ortho intramolecular Hbond substituents is 1. The number of methoxy groups -OCH3 is 1. The number of aromatic nitrogens is 1. The van der Waals surface area contributed by atoms with Gasteiger partial charge in [0, 0.05) is 46.5 Å². The van der Waals surface area contributed by atoms with Crippen LogP contribution in [0.4, 0.5) is 5.69 Å². The van der Waals surface area contributed by atoms with Crippen molar-refractivity contribution < 1.29 is 9.84 Å². The first-order valence-electron chi connectivity index (χ1n) is 8.77. The Bertz CT molecular complexity index is 944. The van der Waals surface area contributed by atoms with Gasteiger partial charge in [-0.25, -0.2) is 0 Å². The van der Waals surface area contributed by atoms with E-state index in [0.29, 0.717) is 18.1 Å². The molecular weight excluding hydrogens is 362 g/mol. The fraction of sp³-hybridized carbons (Fsp3) is 0.286. The average Bonchev–Trinajstić information content (AvgIpc) is 2.65. The van der Waals surface area contributed by atoms with Gasteiger partial charge in [-0.05, 0) is 56.3 Å². The zero-order valence-electron chi connectivity index (χ0n) is 15.7. The summed E-state index contributed by atoms with van der Waals surface area (Å²) in [6.45, 7) is 5.44. The van der Waals surface area contributed by atoms with Gasteiger partial charge in [-0.2, -0.15) is 0 Å². The van der Waals surface area contributed by atoms with Crippen molar-refractivity contribution in [3.63, 3.8) is 0 Å². The van der Waals surface area contributed by atoms with Gasteiger partial charge >= 0.3 is 0 Å². The van der Waals surface area contributed by atoms with E-state index < -0.39 is 0 Å². The van der Waals surface area contributed by atoms with Crippen molar-refractivity contribution in [1.82, 2.24) is 10.3 Å². The van der Waals surface area contributed by atoms with Crippen molar-refractivity contribution in [2.75, 3.05) is 19.0 Å². The first-order valence-corrected chi connectivity index (χ1v) is 9.15. The minimum Gasteiger partial charge on any atom is -0.508 e. The van der Waals surface area contributed by atoms with Crippen molar-refractivity contribution in [1.29, 1.82) is 0 Å². The number of nitrogens with one attached hydrogen (secondary N) is 2. The van der Waals surface area contributed by atoms with E-state index in [1.165, 1.54) is 0 Å². The molecule has 0 aliphatic rings. The van der Waals surface area contributed by atoms with Crippen LogP contribution in [0, 0.1) is 0 Å². The number of halogens is 1. The molecule has 1 aromatic heterocycles. The summed E-state index contributed by atoms with van der Waals surface area (Å²) in [4.78, 5) is 4.37. The minimum atomic E-state index is -0.211. The van der Waals surface area contributed by atoms with Crippen molar-refractivity contribution in [2.45, 2.75) is 25.9 Å². The first kappa shape index (κ1) is 19.3. The number of hydrogen-bond acceptors (Lipinski definition) is 5. The fourth-order valence-electron chi connectivity index (χ4n) is 2.82. The third-order valence-electron chi connectivity index (χ3n) is 4.47. The van der Waals surface area contributed by atoms with Crippen LogP contribution in [-0.2, 0) is 6.54 Å². The van der Waals surface area contributed by atoms with Gasteiger partial charge in [-0.1, -0.05) is 11.6 Å². The molecule has 0 unspecified atom stereocenters. The van der Waals surface area contributed by atoms with Gasteiger partial charge in [0.15, 0.2) is 0 Å². The minimum absolute atomic E-state index is 0.211. The third-order valence-corrected chi connectivity index (χ3v) is 4.70. The van der Waals surface area contributed by atoms with E-state index in [4.69, 9.17) is 16.3 Å². The second-order valence-corrected chi connectivity index (χ2v) is 7.54. The number of ether oxygens (including phenoxy) is 1. The van der Waals surface area contributed by atoms with Gasteiger partial charge in [0.05, 0.1) is 12.6 Å². The van der Waals surface area contributed by atoms with Crippen molar-refractivity contribution in [3.05, 3.63) is 59.2 Å². The summed E-state index contributed by atoms with van der Waals surface area (Å²) >= 11 is 6.05. The second kappa shape index (κ2) is 8.03. The smallest absolute Gasteiger partial charge is 0.120 e. The van der Waals surface area contributed by atoms with Crippen LogP contribution in [0.3, 0.4) is 0 Å². The molecule has 0 radical (unpaired) electrons. The van der Waals surface area contributed by atoms with Crippen LogP contribution in [-0.4, -0.2) is 29.3 Å². The zero-order chi connectivity index (χ0) is 19.4. The second-order valence-electron chi connectivity index (χ2n) is 7.11. The lowest BCUT2D eigenvalue weighted by atomic mass is 10.0. The summed E-state index contributed by atoms with van der Waals surface area (Å²) in [5, 5.41) is 18.7. The topological polar surface area (TPSA) is 66.4 Å². The maximum atomic E-state index is 10.0. The number of rotatable bonds is 7. The lowest BCUT2D eigenvalue weighted by Gasteiger charge is -2.28. The molecule has 142 valence electrons. The van der Waals surface area contributed by atoms with Crippen LogP contribution in [0.25, 0.3) is 10.9 Å². The largest absolute Gasteiger partial charge is 0.508 e. The van der Waals surface area contributed by atoms with E-state index in [0.717, 1.165) is 27.9 Å². The van der Waals surface area contributed by atoms with E-state index in [1.807, 2.05) is 30.3 Å². The van der Waals surface area contributed by atoms with Gasteiger partial charge in [0.1, 0.15) is 11.5 Å². The third kappa shape index (κ3) is 4.81. The monoisotopic (exact) mass is 385 g/mol. The molecule has 0 fully saturated rings. The normalized spacial score (nSPS) is 11.6. The number of benzene rings is 2. The highest BCUT2D eigenvalue weighted by molar-refractivity contribution is 6.31. The van der Waals surface area contributed by atoms with Gasteiger partial charge in [0.2, 0.25) is 0 Å². The highest BCUT2D eigenvalue weighted by Gasteiger charge is 2.18. The molecule has 3 rings (SSSR count). The van der Waals surface area contributed by atoms with Crippen molar-refractivity contribution >= 4 is 28.2 Å². The summed E-state index contributed by atoms with van der Waals surface area (Å²) in [6, 6.07) is 12.9. The zero-order valence-corrected chi connectivity index (χ0v) is 16.5. The molecule has 0 aliphatic carbocycles. The SMILES string of the molecule is COc1ccc(O)c(CNC(C)(C)CNc2ccnc3cc(Cl)ccc23)c1. The number of nitrogens with zero attached hydrogens (tertiary/aromatic N) is 1. The van der Waals surface area contributed by atoms with Crippen molar-refractivity contribution in [2.24, 2.45) is 0 Å². The summed E-state index contributed by atoms with van der Waals surface area (Å²) in [5.41, 5.74) is 2.46. The molecule has 0 spiro atoms. The summed E-state index contributed by atoms with van der Waals surface area (Å²) in [7, 11) is 1.61. The van der Waals surface area contributed by atoms with Gasteiger partial charge in [-0.3, -0.25) is 4.98 Å². The molecule has 1 heterocycles. The highest BCUT2D eigenvalue weighted by atomic mass is 35.5. The van der Waals surface area contributed by atoms with Gasteiger partial charge < -0.3 is 20.5 Å². The molecule has 0 bridgehead atoms. The number of pyridine rings is 1. The molecule has 3 aromatic rings. The molecule has 5 nitrogen and oxygen atoms in total. The highest BCUT2D eigenvalue weighted by Crippen LogP contribution is 2.26. The van der Waals surface area contributed by atoms with Crippen LogP contribution in [0.15, 0.2) is 48.7 Å². The Kier molecular flexibility index (Phi) is 5.73. The van der Waals surface area contributed by atoms with E-state index in [1.54, 1.807) is 25.4 Å². The molecule has 0 saturated heterocycles. The number of anilines is 1. The fourth-order valence-corrected chi connectivity index (χ4v) is 2.99. The average molecular weight is 386 g/mol. The molecule has 0 atom stereocenters. The lowest BCUT2D eigenvalue weighted by Crippen LogP contribution is -2.44. The number of phenols is 1. The molecule has 0 aliphatic heterocycles. The predicted molar refractivity (Wildman–Crippen MR) is 111 cm³/mol. The Hall–Kier alpha value is -2.50. The first-order chi connectivity index (χ1) is 12.9. The van der Waals surface area contributed by atoms with E-state index in [2.05, 4.69) is 29.5 Å². The van der Waals surface area contributed by atoms with Crippen LogP contribution in [0.2, 0.25) is 5.02 Å². The number of hydrogen-bond donors (Lipinski definition) is 3. The molecule has 3 N–H and O–H groups in total. The van der Waals surface area contributed by atoms with Gasteiger partial charge in [-0.15, -0.1) is 0 Å². The quantitative estimate of drug-likeness (QED) is 0.555. The van der Waals surface area contributed by atoms with Crippen LogP contribution in [0.1, 0.15) is 19.4 Å². The van der Waals surface area contributed by atoms with E-state index in [9.17, 15) is 5.11 Å². The molecule has 0 amide bonds. The van der Waals surface area contributed by atoms with Crippen LogP contribution >= 0.6 is 11.6 Å². The summed E-state index contributed by atoms with van der Waals surface area (Å²) < 4.78 is 5.23. The Balaban J connectivity index is 1.67. The maximum absolute atomic E-state index is 10.0. The Morgan fingerprint density at radius 3 is 2.74 bits per heavy atom. The van der Waals surface area contributed by atoms with E-state index >= 15 is 0 Å². The molecular formula is C21H24ClN3O2. The lowest BCUT2D eigenvalue weighted by molar-refractivity contribution is 0.391. The maximum Gasteiger partial charge on any atom is 0.120 e. The summed E-state index contributed by atoms with van der Waals surface area (Å²) in [6.07, 6.45) is 1.77. The Morgan fingerprint density at radius 2 is 1.96 bits per heavy atom.